The van der Waals surface area contributed by atoms with Crippen LogP contribution in [0.5, 0.6) is 0 Å². The minimum atomic E-state index is 0.419. The first-order valence-corrected chi connectivity index (χ1v) is 6.25. The molecule has 2 atom stereocenters. The topological polar surface area (TPSA) is 38.0 Å². The molecule has 2 nitrogen and oxygen atoms in total. The summed E-state index contributed by atoms with van der Waals surface area (Å²) in [6.45, 7) is 0. The smallest absolute Gasteiger partial charge is 0.0523 e. The molecule has 0 spiro atoms. The van der Waals surface area contributed by atoms with Gasteiger partial charge in [-0.05, 0) is 28.4 Å². The Kier molecular flexibility index (Phi) is 1.91. The fourth-order valence-electron chi connectivity index (χ4n) is 3.33. The average Bonchev–Trinajstić information content (AvgIpc) is 2.44. The molecule has 3 N–H and O–H groups in total. The third kappa shape index (κ3) is 1.16. The SMILES string of the molecule is NNC1=C2C=CC3=CC=CC4=CC=C(C=C1)C2C34. The first-order chi connectivity index (χ1) is 8.88. The van der Waals surface area contributed by atoms with Crippen molar-refractivity contribution in [2.75, 3.05) is 0 Å². The monoisotopic (exact) mass is 234 g/mol. The molecule has 2 heteroatoms. The maximum atomic E-state index is 5.62. The predicted molar refractivity (Wildman–Crippen MR) is 73.0 cm³/mol. The van der Waals surface area contributed by atoms with Gasteiger partial charge in [-0.1, -0.05) is 48.6 Å². The van der Waals surface area contributed by atoms with Gasteiger partial charge in [0, 0.05) is 11.8 Å². The van der Waals surface area contributed by atoms with Crippen LogP contribution in [0.25, 0.3) is 0 Å². The van der Waals surface area contributed by atoms with Gasteiger partial charge in [0.15, 0.2) is 0 Å². The molecule has 0 aromatic carbocycles. The molecule has 4 rings (SSSR count). The van der Waals surface area contributed by atoms with Gasteiger partial charge in [-0.3, -0.25) is 5.84 Å². The van der Waals surface area contributed by atoms with Gasteiger partial charge >= 0.3 is 0 Å². The van der Waals surface area contributed by atoms with E-state index in [-0.39, 0.29) is 0 Å². The highest BCUT2D eigenvalue weighted by Crippen LogP contribution is 2.48. The minimum Gasteiger partial charge on any atom is -0.324 e. The molecule has 0 saturated heterocycles. The zero-order chi connectivity index (χ0) is 12.1. The lowest BCUT2D eigenvalue weighted by molar-refractivity contribution is 0.554. The van der Waals surface area contributed by atoms with Crippen molar-refractivity contribution in [1.82, 2.24) is 5.43 Å². The van der Waals surface area contributed by atoms with Crippen LogP contribution < -0.4 is 11.3 Å². The molecule has 0 radical (unpaired) electrons. The third-order valence-corrected chi connectivity index (χ3v) is 4.16. The standard InChI is InChI=1S/C16H14N2/c17-18-14-9-7-12-5-4-10-2-1-3-11-6-8-13(14)16(12)15(10)11/h1-9,15-16,18H,17H2. The van der Waals surface area contributed by atoms with Crippen molar-refractivity contribution >= 4 is 0 Å². The molecule has 0 saturated carbocycles. The minimum absolute atomic E-state index is 0.419. The van der Waals surface area contributed by atoms with Crippen LogP contribution in [0.2, 0.25) is 0 Å². The molecular formula is C16H14N2. The summed E-state index contributed by atoms with van der Waals surface area (Å²) >= 11 is 0. The van der Waals surface area contributed by atoms with Crippen molar-refractivity contribution in [2.45, 2.75) is 0 Å². The normalized spacial score (nSPS) is 30.6. The quantitative estimate of drug-likeness (QED) is 0.540. The van der Waals surface area contributed by atoms with Gasteiger partial charge < -0.3 is 5.43 Å². The molecule has 0 fully saturated rings. The van der Waals surface area contributed by atoms with Gasteiger partial charge in [-0.15, -0.1) is 0 Å². The molecule has 0 heterocycles. The summed E-state index contributed by atoms with van der Waals surface area (Å²) in [6.07, 6.45) is 19.7. The van der Waals surface area contributed by atoms with Crippen molar-refractivity contribution in [3.8, 4) is 0 Å². The van der Waals surface area contributed by atoms with Gasteiger partial charge in [0.05, 0.1) is 5.70 Å². The highest BCUT2D eigenvalue weighted by Gasteiger charge is 2.37. The van der Waals surface area contributed by atoms with Crippen molar-refractivity contribution in [2.24, 2.45) is 17.7 Å². The van der Waals surface area contributed by atoms with E-state index in [0.29, 0.717) is 11.8 Å². The van der Waals surface area contributed by atoms with Crippen LogP contribution in [-0.4, -0.2) is 0 Å². The molecule has 2 unspecified atom stereocenters. The van der Waals surface area contributed by atoms with Gasteiger partial charge in [-0.25, -0.2) is 0 Å². The largest absolute Gasteiger partial charge is 0.324 e. The molecule has 4 aliphatic rings. The van der Waals surface area contributed by atoms with Crippen molar-refractivity contribution < 1.29 is 0 Å². The van der Waals surface area contributed by atoms with Crippen molar-refractivity contribution in [3.63, 3.8) is 0 Å². The lowest BCUT2D eigenvalue weighted by Gasteiger charge is -2.40. The van der Waals surface area contributed by atoms with Gasteiger partial charge in [0.25, 0.3) is 0 Å². The van der Waals surface area contributed by atoms with Gasteiger partial charge in [0.2, 0.25) is 0 Å². The van der Waals surface area contributed by atoms with Crippen LogP contribution >= 0.6 is 0 Å². The fourth-order valence-corrected chi connectivity index (χ4v) is 3.33. The molecule has 4 aliphatic carbocycles. The number of nitrogens with one attached hydrogen (secondary N) is 1. The van der Waals surface area contributed by atoms with Crippen LogP contribution in [0, 0.1) is 11.8 Å². The zero-order valence-corrected chi connectivity index (χ0v) is 9.93. The Morgan fingerprint density at radius 1 is 0.778 bits per heavy atom. The lowest BCUT2D eigenvalue weighted by atomic mass is 9.64. The van der Waals surface area contributed by atoms with Gasteiger partial charge in [0.1, 0.15) is 0 Å². The van der Waals surface area contributed by atoms with Gasteiger partial charge in [-0.2, -0.15) is 0 Å². The molecule has 18 heavy (non-hydrogen) atoms. The second-order valence-electron chi connectivity index (χ2n) is 4.99. The van der Waals surface area contributed by atoms with E-state index >= 15 is 0 Å². The molecule has 0 aromatic rings. The first kappa shape index (κ1) is 9.92. The summed E-state index contributed by atoms with van der Waals surface area (Å²) in [7, 11) is 0. The Labute approximate surface area is 106 Å². The average molecular weight is 234 g/mol. The Morgan fingerprint density at radius 3 is 2.33 bits per heavy atom. The number of rotatable bonds is 1. The van der Waals surface area contributed by atoms with E-state index in [9.17, 15) is 0 Å². The van der Waals surface area contributed by atoms with E-state index in [2.05, 4.69) is 60.1 Å². The summed E-state index contributed by atoms with van der Waals surface area (Å²) in [4.78, 5) is 0. The highest BCUT2D eigenvalue weighted by molar-refractivity contribution is 5.61. The number of allylic oxidation sites excluding steroid dienone is 13. The molecule has 0 amide bonds. The maximum Gasteiger partial charge on any atom is 0.0523 e. The van der Waals surface area contributed by atoms with Crippen LogP contribution in [0.1, 0.15) is 0 Å². The maximum absolute atomic E-state index is 5.62. The third-order valence-electron chi connectivity index (χ3n) is 4.16. The summed E-state index contributed by atoms with van der Waals surface area (Å²) in [5, 5.41) is 0. The van der Waals surface area contributed by atoms with Crippen molar-refractivity contribution in [1.29, 1.82) is 0 Å². The summed E-state index contributed by atoms with van der Waals surface area (Å²) in [5.74, 6) is 6.50. The summed E-state index contributed by atoms with van der Waals surface area (Å²) in [6, 6.07) is 0. The molecule has 0 aliphatic heterocycles. The van der Waals surface area contributed by atoms with E-state index in [1.165, 1.54) is 22.3 Å². The Hall–Kier alpha value is -2.06. The summed E-state index contributed by atoms with van der Waals surface area (Å²) < 4.78 is 0. The number of nitrogens with two attached hydrogens (primary N) is 1. The number of hydrogen-bond donors (Lipinski definition) is 2. The molecule has 0 bridgehead atoms. The zero-order valence-electron chi connectivity index (χ0n) is 9.93. The van der Waals surface area contributed by atoms with E-state index in [1.807, 2.05) is 0 Å². The van der Waals surface area contributed by atoms with E-state index in [4.69, 9.17) is 5.84 Å². The van der Waals surface area contributed by atoms with Crippen molar-refractivity contribution in [3.05, 3.63) is 82.7 Å². The highest BCUT2D eigenvalue weighted by atomic mass is 15.2. The molecular weight excluding hydrogens is 220 g/mol. The Balaban J connectivity index is 1.99. The number of hydrogen-bond acceptors (Lipinski definition) is 2. The van der Waals surface area contributed by atoms with Crippen LogP contribution in [0.3, 0.4) is 0 Å². The lowest BCUT2D eigenvalue weighted by Crippen LogP contribution is -2.33. The Bertz CT molecular complexity index is 636. The van der Waals surface area contributed by atoms with E-state index < -0.39 is 0 Å². The first-order valence-electron chi connectivity index (χ1n) is 6.25. The second kappa shape index (κ2) is 3.47. The van der Waals surface area contributed by atoms with Crippen LogP contribution in [0.15, 0.2) is 82.7 Å². The number of hydrazine groups is 1. The predicted octanol–water partition coefficient (Wildman–Crippen LogP) is 2.44. The fraction of sp³-hybridized carbons (Fsp3) is 0.125. The summed E-state index contributed by atoms with van der Waals surface area (Å²) in [5.41, 5.74) is 9.32. The van der Waals surface area contributed by atoms with E-state index in [0.717, 1.165) is 5.70 Å². The molecule has 0 aromatic heterocycles. The van der Waals surface area contributed by atoms with E-state index in [1.54, 1.807) is 0 Å². The molecule has 88 valence electrons. The van der Waals surface area contributed by atoms with Crippen LogP contribution in [-0.2, 0) is 0 Å². The van der Waals surface area contributed by atoms with Crippen LogP contribution in [0.4, 0.5) is 0 Å². The Morgan fingerprint density at radius 2 is 1.50 bits per heavy atom. The second-order valence-corrected chi connectivity index (χ2v) is 4.99.